The average Bonchev–Trinajstić information content (AvgIpc) is 2.49. The van der Waals surface area contributed by atoms with Gasteiger partial charge in [-0.05, 0) is 43.2 Å². The number of fused-ring (bicyclic) bond motifs is 1. The van der Waals surface area contributed by atoms with Crippen molar-refractivity contribution in [3.8, 4) is 0 Å². The summed E-state index contributed by atoms with van der Waals surface area (Å²) in [5.41, 5.74) is 5.74. The van der Waals surface area contributed by atoms with E-state index in [4.69, 9.17) is 5.73 Å². The molecule has 1 atom stereocenters. The minimum atomic E-state index is -1.38. The molecule has 1 aliphatic rings. The van der Waals surface area contributed by atoms with Gasteiger partial charge in [0.1, 0.15) is 5.54 Å². The first-order valence-electron chi connectivity index (χ1n) is 5.75. The Kier molecular flexibility index (Phi) is 3.45. The van der Waals surface area contributed by atoms with Crippen molar-refractivity contribution in [1.82, 2.24) is 0 Å². The average molecular weight is 265 g/mol. The second-order valence-electron chi connectivity index (χ2n) is 4.50. The highest BCUT2D eigenvalue weighted by Gasteiger charge is 2.39. The molecule has 0 saturated heterocycles. The van der Waals surface area contributed by atoms with Gasteiger partial charge in [0.05, 0.1) is 0 Å². The van der Waals surface area contributed by atoms with E-state index in [1.54, 1.807) is 30.0 Å². The van der Waals surface area contributed by atoms with Crippen LogP contribution in [0.5, 0.6) is 0 Å². The van der Waals surface area contributed by atoms with Crippen molar-refractivity contribution in [3.05, 3.63) is 29.3 Å². The van der Waals surface area contributed by atoms with Crippen LogP contribution in [0.4, 0.5) is 0 Å². The highest BCUT2D eigenvalue weighted by Crippen LogP contribution is 2.38. The molecule has 3 N–H and O–H groups in total. The van der Waals surface area contributed by atoms with Gasteiger partial charge >= 0.3 is 5.97 Å². The number of hydrogen-bond donors (Lipinski definition) is 2. The van der Waals surface area contributed by atoms with E-state index in [0.717, 1.165) is 17.1 Å². The summed E-state index contributed by atoms with van der Waals surface area (Å²) < 4.78 is 0. The minimum absolute atomic E-state index is 0.0835. The summed E-state index contributed by atoms with van der Waals surface area (Å²) >= 11 is 1.60. The van der Waals surface area contributed by atoms with Crippen molar-refractivity contribution < 1.29 is 14.7 Å². The van der Waals surface area contributed by atoms with E-state index in [1.807, 2.05) is 0 Å². The molecular weight excluding hydrogens is 250 g/mol. The fourth-order valence-electron chi connectivity index (χ4n) is 2.11. The van der Waals surface area contributed by atoms with E-state index in [1.165, 1.54) is 6.92 Å². The maximum absolute atomic E-state index is 11.5. The second kappa shape index (κ2) is 4.74. The Bertz CT molecular complexity index is 515. The molecule has 0 spiro atoms. The molecular formula is C13H15NO3S. The van der Waals surface area contributed by atoms with Gasteiger partial charge in [0, 0.05) is 10.5 Å². The monoisotopic (exact) mass is 265 g/mol. The molecule has 1 aromatic carbocycles. The van der Waals surface area contributed by atoms with E-state index in [-0.39, 0.29) is 5.78 Å². The van der Waals surface area contributed by atoms with Crippen LogP contribution >= 0.6 is 11.8 Å². The third-order valence-electron chi connectivity index (χ3n) is 3.22. The Balaban J connectivity index is 2.61. The number of thioether (sulfide) groups is 1. The molecule has 0 saturated carbocycles. The number of carboxylic acids is 1. The molecule has 4 nitrogen and oxygen atoms in total. The van der Waals surface area contributed by atoms with Gasteiger partial charge in [0.2, 0.25) is 0 Å². The first-order valence-corrected chi connectivity index (χ1v) is 6.74. The zero-order valence-electron chi connectivity index (χ0n) is 10.1. The maximum Gasteiger partial charge on any atom is 0.328 e. The molecule has 1 unspecified atom stereocenters. The molecule has 1 aliphatic heterocycles. The highest BCUT2D eigenvalue weighted by molar-refractivity contribution is 7.99. The molecule has 96 valence electrons. The molecule has 18 heavy (non-hydrogen) atoms. The number of aliphatic carboxylic acids is 1. The van der Waals surface area contributed by atoms with Crippen LogP contribution in [0.25, 0.3) is 0 Å². The molecule has 0 fully saturated rings. The lowest BCUT2D eigenvalue weighted by Gasteiger charge is -2.25. The summed E-state index contributed by atoms with van der Waals surface area (Å²) in [6.45, 7) is 1.46. The van der Waals surface area contributed by atoms with Crippen LogP contribution in [-0.4, -0.2) is 22.6 Å². The van der Waals surface area contributed by atoms with Crippen molar-refractivity contribution in [2.45, 2.75) is 30.2 Å². The lowest BCUT2D eigenvalue weighted by Crippen LogP contribution is -2.45. The largest absolute Gasteiger partial charge is 0.480 e. The molecule has 1 aromatic rings. The number of benzene rings is 1. The third kappa shape index (κ3) is 2.15. The van der Waals surface area contributed by atoms with Crippen molar-refractivity contribution in [2.24, 2.45) is 5.73 Å². The standard InChI is InChI=1S/C13H15NO3S/c1-8(15)9-3-4-11-10(7-9)13(14,12(16)17)5-2-6-18-11/h3-4,7H,2,5-6,14H2,1H3,(H,16,17). The summed E-state index contributed by atoms with van der Waals surface area (Å²) in [5, 5.41) is 9.38. The second-order valence-corrected chi connectivity index (χ2v) is 5.63. The summed E-state index contributed by atoms with van der Waals surface area (Å²) in [5.74, 6) is -0.273. The van der Waals surface area contributed by atoms with Crippen LogP contribution in [0, 0.1) is 0 Å². The SMILES string of the molecule is CC(=O)c1ccc2c(c1)C(N)(C(=O)O)CCCS2. The zero-order valence-corrected chi connectivity index (χ0v) is 10.9. The molecule has 2 rings (SSSR count). The van der Waals surface area contributed by atoms with Gasteiger partial charge in [-0.1, -0.05) is 6.07 Å². The van der Waals surface area contributed by atoms with E-state index < -0.39 is 11.5 Å². The number of hydrogen-bond acceptors (Lipinski definition) is 4. The van der Waals surface area contributed by atoms with Gasteiger partial charge in [-0.15, -0.1) is 11.8 Å². The lowest BCUT2D eigenvalue weighted by molar-refractivity contribution is -0.144. The summed E-state index contributed by atoms with van der Waals surface area (Å²) in [7, 11) is 0. The topological polar surface area (TPSA) is 80.4 Å². The molecule has 5 heteroatoms. The predicted octanol–water partition coefficient (Wildman–Crippen LogP) is 2.01. The predicted molar refractivity (Wildman–Crippen MR) is 69.9 cm³/mol. The maximum atomic E-state index is 11.5. The normalized spacial score (nSPS) is 23.0. The molecule has 0 radical (unpaired) electrons. The smallest absolute Gasteiger partial charge is 0.328 e. The Morgan fingerprint density at radius 2 is 2.17 bits per heavy atom. The molecule has 0 aliphatic carbocycles. The van der Waals surface area contributed by atoms with Crippen LogP contribution in [0.3, 0.4) is 0 Å². The summed E-state index contributed by atoms with van der Waals surface area (Å²) in [4.78, 5) is 23.7. The Hall–Kier alpha value is -1.33. The number of carboxylic acid groups (broad SMARTS) is 1. The minimum Gasteiger partial charge on any atom is -0.480 e. The Morgan fingerprint density at radius 1 is 1.44 bits per heavy atom. The fourth-order valence-corrected chi connectivity index (χ4v) is 3.18. The number of rotatable bonds is 2. The van der Waals surface area contributed by atoms with Gasteiger partial charge < -0.3 is 10.8 Å². The van der Waals surface area contributed by atoms with E-state index in [2.05, 4.69) is 0 Å². The van der Waals surface area contributed by atoms with E-state index in [9.17, 15) is 14.7 Å². The van der Waals surface area contributed by atoms with E-state index >= 15 is 0 Å². The van der Waals surface area contributed by atoms with Gasteiger partial charge in [-0.25, -0.2) is 4.79 Å². The van der Waals surface area contributed by atoms with Crippen molar-refractivity contribution in [2.75, 3.05) is 5.75 Å². The van der Waals surface area contributed by atoms with Gasteiger partial charge in [0.15, 0.2) is 5.78 Å². The van der Waals surface area contributed by atoms with Crippen LogP contribution in [-0.2, 0) is 10.3 Å². The summed E-state index contributed by atoms with van der Waals surface area (Å²) in [6, 6.07) is 5.15. The van der Waals surface area contributed by atoms with E-state index in [0.29, 0.717) is 17.5 Å². The Labute approximate surface area is 110 Å². The lowest BCUT2D eigenvalue weighted by atomic mass is 9.85. The van der Waals surface area contributed by atoms with Crippen molar-refractivity contribution in [3.63, 3.8) is 0 Å². The van der Waals surface area contributed by atoms with Gasteiger partial charge in [-0.2, -0.15) is 0 Å². The Morgan fingerprint density at radius 3 is 2.78 bits per heavy atom. The van der Waals surface area contributed by atoms with Crippen LogP contribution in [0.15, 0.2) is 23.1 Å². The quantitative estimate of drug-likeness (QED) is 0.800. The first-order chi connectivity index (χ1) is 8.45. The number of carbonyl (C=O) groups excluding carboxylic acids is 1. The third-order valence-corrected chi connectivity index (χ3v) is 4.38. The molecule has 0 amide bonds. The number of ketones is 1. The fraction of sp³-hybridized carbons (Fsp3) is 0.385. The van der Waals surface area contributed by atoms with Crippen LogP contribution < -0.4 is 5.73 Å². The molecule has 1 heterocycles. The summed E-state index contributed by atoms with van der Waals surface area (Å²) in [6.07, 6.45) is 1.14. The van der Waals surface area contributed by atoms with Crippen LogP contribution in [0.1, 0.15) is 35.7 Å². The van der Waals surface area contributed by atoms with Gasteiger partial charge in [-0.3, -0.25) is 4.79 Å². The number of nitrogens with two attached hydrogens (primary N) is 1. The highest BCUT2D eigenvalue weighted by atomic mass is 32.2. The molecule has 0 bridgehead atoms. The van der Waals surface area contributed by atoms with Crippen LogP contribution in [0.2, 0.25) is 0 Å². The molecule has 0 aromatic heterocycles. The van der Waals surface area contributed by atoms with Crippen molar-refractivity contribution in [1.29, 1.82) is 0 Å². The van der Waals surface area contributed by atoms with Crippen molar-refractivity contribution >= 4 is 23.5 Å². The first kappa shape index (κ1) is 13.1. The number of Topliss-reactive ketones (excluding diaryl/α,β-unsaturated/α-hetero) is 1. The van der Waals surface area contributed by atoms with Gasteiger partial charge in [0.25, 0.3) is 0 Å². The zero-order chi connectivity index (χ0) is 13.3. The number of carbonyl (C=O) groups is 2.